The molecule has 1 atom stereocenters. The molecule has 2 nitrogen and oxygen atoms in total. The summed E-state index contributed by atoms with van der Waals surface area (Å²) in [5.74, 6) is 0.787. The molecule has 2 aromatic rings. The van der Waals surface area contributed by atoms with Crippen LogP contribution in [0, 0.1) is 12.7 Å². The number of hydrogen-bond donors (Lipinski definition) is 1. The lowest BCUT2D eigenvalue weighted by molar-refractivity contribution is 0.495. The number of furan rings is 1. The minimum Gasteiger partial charge on any atom is -0.469 e. The van der Waals surface area contributed by atoms with Gasteiger partial charge in [-0.15, -0.1) is 0 Å². The van der Waals surface area contributed by atoms with Crippen molar-refractivity contribution in [3.8, 4) is 0 Å². The Bertz CT molecular complexity index is 473. The molecule has 0 aliphatic carbocycles. The molecule has 0 amide bonds. The van der Waals surface area contributed by atoms with Gasteiger partial charge in [0.15, 0.2) is 0 Å². The van der Waals surface area contributed by atoms with Crippen LogP contribution in [0.2, 0.25) is 0 Å². The van der Waals surface area contributed by atoms with Crippen LogP contribution in [0.25, 0.3) is 0 Å². The van der Waals surface area contributed by atoms with Gasteiger partial charge in [0.2, 0.25) is 0 Å². The molecular formula is C15H18FNO. The van der Waals surface area contributed by atoms with Crippen LogP contribution in [0.1, 0.15) is 24.7 Å². The second-order valence-corrected chi connectivity index (χ2v) is 4.68. The summed E-state index contributed by atoms with van der Waals surface area (Å²) in [7, 11) is 0. The summed E-state index contributed by atoms with van der Waals surface area (Å²) in [5.41, 5.74) is 1.76. The zero-order valence-corrected chi connectivity index (χ0v) is 10.7. The fourth-order valence-electron chi connectivity index (χ4n) is 1.99. The Kier molecular flexibility index (Phi) is 4.03. The van der Waals surface area contributed by atoms with Gasteiger partial charge in [0.05, 0.1) is 6.26 Å². The van der Waals surface area contributed by atoms with Gasteiger partial charge in [-0.25, -0.2) is 4.39 Å². The molecule has 1 heterocycles. The lowest BCUT2D eigenvalue weighted by Crippen LogP contribution is -2.16. The van der Waals surface area contributed by atoms with Crippen LogP contribution in [-0.2, 0) is 6.42 Å². The van der Waals surface area contributed by atoms with Crippen molar-refractivity contribution in [1.29, 1.82) is 0 Å². The molecule has 3 heteroatoms. The predicted octanol–water partition coefficient (Wildman–Crippen LogP) is 4.16. The van der Waals surface area contributed by atoms with E-state index >= 15 is 0 Å². The van der Waals surface area contributed by atoms with Crippen molar-refractivity contribution in [3.05, 3.63) is 53.7 Å². The van der Waals surface area contributed by atoms with E-state index in [1.807, 2.05) is 25.1 Å². The SMILES string of the molecule is Cc1cc(F)cc(NC(C)CCc2ccco2)c1. The third-order valence-electron chi connectivity index (χ3n) is 2.86. The Balaban J connectivity index is 1.88. The minimum atomic E-state index is -0.198. The highest BCUT2D eigenvalue weighted by atomic mass is 19.1. The highest BCUT2D eigenvalue weighted by Gasteiger charge is 2.05. The van der Waals surface area contributed by atoms with Gasteiger partial charge < -0.3 is 9.73 Å². The van der Waals surface area contributed by atoms with Gasteiger partial charge in [-0.2, -0.15) is 0 Å². The van der Waals surface area contributed by atoms with Crippen LogP contribution >= 0.6 is 0 Å². The first kappa shape index (κ1) is 12.7. The van der Waals surface area contributed by atoms with E-state index in [0.29, 0.717) is 0 Å². The summed E-state index contributed by atoms with van der Waals surface area (Å²) in [6.45, 7) is 3.98. The lowest BCUT2D eigenvalue weighted by Gasteiger charge is -2.15. The molecule has 0 saturated carbocycles. The normalized spacial score (nSPS) is 12.4. The smallest absolute Gasteiger partial charge is 0.125 e. The van der Waals surface area contributed by atoms with Gasteiger partial charge in [0.25, 0.3) is 0 Å². The summed E-state index contributed by atoms with van der Waals surface area (Å²) in [6, 6.07) is 9.14. The molecule has 0 aliphatic heterocycles. The van der Waals surface area contributed by atoms with Crippen LogP contribution in [0.5, 0.6) is 0 Å². The molecule has 1 N–H and O–H groups in total. The number of anilines is 1. The molecule has 96 valence electrons. The fourth-order valence-corrected chi connectivity index (χ4v) is 1.99. The number of hydrogen-bond acceptors (Lipinski definition) is 2. The molecule has 0 fully saturated rings. The van der Waals surface area contributed by atoms with Gasteiger partial charge in [0.1, 0.15) is 11.6 Å². The van der Waals surface area contributed by atoms with E-state index in [4.69, 9.17) is 4.42 Å². The zero-order valence-electron chi connectivity index (χ0n) is 10.7. The molecule has 0 radical (unpaired) electrons. The van der Waals surface area contributed by atoms with Crippen molar-refractivity contribution in [2.45, 2.75) is 32.7 Å². The maximum absolute atomic E-state index is 13.2. The van der Waals surface area contributed by atoms with Crippen molar-refractivity contribution in [2.24, 2.45) is 0 Å². The van der Waals surface area contributed by atoms with Crippen molar-refractivity contribution in [3.63, 3.8) is 0 Å². The quantitative estimate of drug-likeness (QED) is 0.858. The molecule has 18 heavy (non-hydrogen) atoms. The van der Waals surface area contributed by atoms with E-state index < -0.39 is 0 Å². The van der Waals surface area contributed by atoms with Gasteiger partial charge in [-0.05, 0) is 56.2 Å². The number of halogens is 1. The van der Waals surface area contributed by atoms with E-state index in [1.54, 1.807) is 6.26 Å². The Labute approximate surface area is 107 Å². The van der Waals surface area contributed by atoms with E-state index in [1.165, 1.54) is 12.1 Å². The fraction of sp³-hybridized carbons (Fsp3) is 0.333. The first-order valence-electron chi connectivity index (χ1n) is 6.19. The van der Waals surface area contributed by atoms with Crippen molar-refractivity contribution < 1.29 is 8.81 Å². The molecule has 0 aliphatic rings. The predicted molar refractivity (Wildman–Crippen MR) is 71.3 cm³/mol. The van der Waals surface area contributed by atoms with Crippen LogP contribution in [0.4, 0.5) is 10.1 Å². The average molecular weight is 247 g/mol. The van der Waals surface area contributed by atoms with Crippen LogP contribution in [-0.4, -0.2) is 6.04 Å². The summed E-state index contributed by atoms with van der Waals surface area (Å²) in [6.07, 6.45) is 3.52. The van der Waals surface area contributed by atoms with Crippen LogP contribution < -0.4 is 5.32 Å². The largest absolute Gasteiger partial charge is 0.469 e. The topological polar surface area (TPSA) is 25.2 Å². The van der Waals surface area contributed by atoms with Crippen LogP contribution in [0.3, 0.4) is 0 Å². The molecular weight excluding hydrogens is 229 g/mol. The molecule has 0 spiro atoms. The first-order chi connectivity index (χ1) is 8.63. The van der Waals surface area contributed by atoms with Crippen molar-refractivity contribution >= 4 is 5.69 Å². The van der Waals surface area contributed by atoms with Crippen LogP contribution in [0.15, 0.2) is 41.0 Å². The third kappa shape index (κ3) is 3.62. The number of aryl methyl sites for hydroxylation is 2. The Morgan fingerprint density at radius 3 is 2.83 bits per heavy atom. The van der Waals surface area contributed by atoms with E-state index in [-0.39, 0.29) is 11.9 Å². The highest BCUT2D eigenvalue weighted by molar-refractivity contribution is 5.46. The molecule has 0 bridgehead atoms. The maximum Gasteiger partial charge on any atom is 0.125 e. The van der Waals surface area contributed by atoms with E-state index in [2.05, 4.69) is 12.2 Å². The average Bonchev–Trinajstić information content (AvgIpc) is 2.77. The second kappa shape index (κ2) is 5.71. The zero-order chi connectivity index (χ0) is 13.0. The minimum absolute atomic E-state index is 0.198. The molecule has 1 aromatic heterocycles. The molecule has 1 aromatic carbocycles. The summed E-state index contributed by atoms with van der Waals surface area (Å²) in [4.78, 5) is 0. The molecule has 1 unspecified atom stereocenters. The number of nitrogens with one attached hydrogen (secondary N) is 1. The number of rotatable bonds is 5. The number of benzene rings is 1. The Morgan fingerprint density at radius 2 is 2.17 bits per heavy atom. The van der Waals surface area contributed by atoms with E-state index in [9.17, 15) is 4.39 Å². The summed E-state index contributed by atoms with van der Waals surface area (Å²) < 4.78 is 18.5. The summed E-state index contributed by atoms with van der Waals surface area (Å²) >= 11 is 0. The van der Waals surface area contributed by atoms with Gasteiger partial charge in [0, 0.05) is 18.2 Å². The first-order valence-corrected chi connectivity index (χ1v) is 6.19. The Morgan fingerprint density at radius 1 is 1.33 bits per heavy atom. The highest BCUT2D eigenvalue weighted by Crippen LogP contribution is 2.16. The molecule has 0 saturated heterocycles. The van der Waals surface area contributed by atoms with Gasteiger partial charge in [-0.3, -0.25) is 0 Å². The summed E-state index contributed by atoms with van der Waals surface area (Å²) in [5, 5.41) is 3.30. The van der Waals surface area contributed by atoms with Crippen molar-refractivity contribution in [1.82, 2.24) is 0 Å². The van der Waals surface area contributed by atoms with Gasteiger partial charge >= 0.3 is 0 Å². The van der Waals surface area contributed by atoms with E-state index in [0.717, 1.165) is 29.9 Å². The van der Waals surface area contributed by atoms with Crippen molar-refractivity contribution in [2.75, 3.05) is 5.32 Å². The Hall–Kier alpha value is -1.77. The third-order valence-corrected chi connectivity index (χ3v) is 2.86. The van der Waals surface area contributed by atoms with Gasteiger partial charge in [-0.1, -0.05) is 0 Å². The monoisotopic (exact) mass is 247 g/mol. The standard InChI is InChI=1S/C15H18FNO/c1-11-8-13(16)10-14(9-11)17-12(2)5-6-15-4-3-7-18-15/h3-4,7-10,12,17H,5-6H2,1-2H3. The maximum atomic E-state index is 13.2. The second-order valence-electron chi connectivity index (χ2n) is 4.68. The molecule has 2 rings (SSSR count). The lowest BCUT2D eigenvalue weighted by atomic mass is 10.1.